The summed E-state index contributed by atoms with van der Waals surface area (Å²) < 4.78 is 2.36. The lowest BCUT2D eigenvalue weighted by molar-refractivity contribution is 0.636. The Balaban J connectivity index is 0.982. The van der Waals surface area contributed by atoms with E-state index in [0.29, 0.717) is 5.92 Å². The van der Waals surface area contributed by atoms with Crippen molar-refractivity contribution in [2.75, 3.05) is 5.32 Å². The molecule has 55 heavy (non-hydrogen) atoms. The van der Waals surface area contributed by atoms with Gasteiger partial charge in [0.25, 0.3) is 0 Å². The van der Waals surface area contributed by atoms with Crippen LogP contribution in [0.25, 0.3) is 44.2 Å². The van der Waals surface area contributed by atoms with Gasteiger partial charge in [-0.2, -0.15) is 0 Å². The number of benzene rings is 7. The lowest BCUT2D eigenvalue weighted by atomic mass is 9.85. The summed E-state index contributed by atoms with van der Waals surface area (Å²) in [5.41, 5.74) is 13.0. The first-order valence-corrected chi connectivity index (χ1v) is 19.3. The Morgan fingerprint density at radius 2 is 1.35 bits per heavy atom. The van der Waals surface area contributed by atoms with Gasteiger partial charge >= 0.3 is 0 Å². The number of aliphatic imine (C=N–C) groups is 1. The Morgan fingerprint density at radius 1 is 0.636 bits per heavy atom. The molecule has 0 bridgehead atoms. The van der Waals surface area contributed by atoms with Crippen LogP contribution in [0.5, 0.6) is 0 Å². The molecule has 0 saturated heterocycles. The minimum atomic E-state index is 0.00794. The van der Waals surface area contributed by atoms with Gasteiger partial charge in [0.2, 0.25) is 0 Å². The van der Waals surface area contributed by atoms with E-state index in [-0.39, 0.29) is 12.0 Å². The average molecular weight is 710 g/mol. The molecule has 7 aromatic carbocycles. The Morgan fingerprint density at radius 3 is 2.16 bits per heavy atom. The number of aromatic nitrogens is 1. The van der Waals surface area contributed by atoms with Crippen molar-refractivity contribution in [2.45, 2.75) is 19.4 Å². The van der Waals surface area contributed by atoms with E-state index in [4.69, 9.17) is 4.99 Å². The molecule has 0 aliphatic heterocycles. The molecule has 0 amide bonds. The smallest absolute Gasteiger partial charge is 0.0785 e. The van der Waals surface area contributed by atoms with Gasteiger partial charge < -0.3 is 9.88 Å². The SMILES string of the molecule is CC1C=C(c2ccccc2)C=CC1/C=N/[C@H](Cc1cccc(Nc2ccccc2-c2ccc3c(c2)c2ccccc2n3-c2ccccc2)c1)c1ccccc1. The summed E-state index contributed by atoms with van der Waals surface area (Å²) in [6, 6.07) is 64.9. The fourth-order valence-corrected chi connectivity index (χ4v) is 7.98. The Hall–Kier alpha value is -6.71. The molecule has 3 atom stereocenters. The molecule has 0 spiro atoms. The maximum absolute atomic E-state index is 5.27. The molecule has 1 N–H and O–H groups in total. The van der Waals surface area contributed by atoms with E-state index >= 15 is 0 Å². The topological polar surface area (TPSA) is 29.3 Å². The van der Waals surface area contributed by atoms with Crippen LogP contribution in [-0.2, 0) is 6.42 Å². The molecular weight excluding hydrogens is 667 g/mol. The van der Waals surface area contributed by atoms with Gasteiger partial charge in [0.1, 0.15) is 0 Å². The fraction of sp³-hybridized carbons (Fsp3) is 0.0962. The number of allylic oxidation sites excluding steroid dienone is 4. The standard InChI is InChI=1S/C52H43N3/c1-37-32-41(39-17-5-2-6-18-39)28-29-43(37)36-53-50(40-19-7-3-8-20-40)34-38-16-15-21-44(33-38)54-49-26-13-11-24-46(49)42-30-31-52-48(35-42)47-25-12-14-27-51(47)55(52)45-22-9-4-10-23-45/h2-33,35-37,43,50,54H,34H2,1H3/b53-36+/t37?,43?,50-/m1/s1. The molecular formula is C52H43N3. The summed E-state index contributed by atoms with van der Waals surface area (Å²) in [7, 11) is 0. The van der Waals surface area contributed by atoms with E-state index in [1.165, 1.54) is 55.3 Å². The van der Waals surface area contributed by atoms with E-state index in [2.05, 4.69) is 223 Å². The number of nitrogens with one attached hydrogen (secondary N) is 1. The molecule has 1 aliphatic carbocycles. The number of nitrogens with zero attached hydrogens (tertiary/aromatic N) is 2. The van der Waals surface area contributed by atoms with E-state index in [1.54, 1.807) is 0 Å². The predicted octanol–water partition coefficient (Wildman–Crippen LogP) is 13.5. The Labute approximate surface area is 323 Å². The molecule has 9 rings (SSSR count). The van der Waals surface area contributed by atoms with Crippen LogP contribution in [0, 0.1) is 11.8 Å². The largest absolute Gasteiger partial charge is 0.355 e. The van der Waals surface area contributed by atoms with Gasteiger partial charge in [-0.25, -0.2) is 0 Å². The molecule has 0 fully saturated rings. The first-order valence-electron chi connectivity index (χ1n) is 19.3. The average Bonchev–Trinajstić information content (AvgIpc) is 3.58. The third kappa shape index (κ3) is 7.17. The second-order valence-corrected chi connectivity index (χ2v) is 14.5. The maximum Gasteiger partial charge on any atom is 0.0785 e. The molecule has 1 heterocycles. The van der Waals surface area contributed by atoms with Crippen LogP contribution < -0.4 is 5.32 Å². The van der Waals surface area contributed by atoms with Crippen LogP contribution >= 0.6 is 0 Å². The van der Waals surface area contributed by atoms with Gasteiger partial charge in [-0.1, -0.05) is 159 Å². The van der Waals surface area contributed by atoms with Crippen molar-refractivity contribution in [3.63, 3.8) is 0 Å². The van der Waals surface area contributed by atoms with Crippen LogP contribution in [0.15, 0.2) is 205 Å². The molecule has 1 aromatic heterocycles. The van der Waals surface area contributed by atoms with E-state index in [9.17, 15) is 0 Å². The number of hydrogen-bond acceptors (Lipinski definition) is 2. The lowest BCUT2D eigenvalue weighted by Crippen LogP contribution is -2.13. The van der Waals surface area contributed by atoms with Crippen LogP contribution in [-0.4, -0.2) is 10.8 Å². The second-order valence-electron chi connectivity index (χ2n) is 14.5. The van der Waals surface area contributed by atoms with Crippen LogP contribution in [0.2, 0.25) is 0 Å². The molecule has 8 aromatic rings. The quantitative estimate of drug-likeness (QED) is 0.141. The van der Waals surface area contributed by atoms with Crippen LogP contribution in [0.4, 0.5) is 11.4 Å². The highest BCUT2D eigenvalue weighted by atomic mass is 15.0. The molecule has 0 saturated carbocycles. The number of hydrogen-bond donors (Lipinski definition) is 1. The van der Waals surface area contributed by atoms with Crippen molar-refractivity contribution in [1.29, 1.82) is 0 Å². The van der Waals surface area contributed by atoms with Gasteiger partial charge in [0.15, 0.2) is 0 Å². The van der Waals surface area contributed by atoms with Gasteiger partial charge in [0, 0.05) is 45.5 Å². The number of rotatable bonds is 10. The first-order chi connectivity index (χ1) is 27.2. The summed E-state index contributed by atoms with van der Waals surface area (Å²) >= 11 is 0. The van der Waals surface area contributed by atoms with E-state index in [0.717, 1.165) is 23.4 Å². The van der Waals surface area contributed by atoms with E-state index in [1.807, 2.05) is 0 Å². The van der Waals surface area contributed by atoms with Crippen molar-refractivity contribution in [3.05, 3.63) is 217 Å². The third-order valence-corrected chi connectivity index (χ3v) is 10.8. The van der Waals surface area contributed by atoms with Gasteiger partial charge in [-0.15, -0.1) is 0 Å². The number of para-hydroxylation sites is 3. The summed E-state index contributed by atoms with van der Waals surface area (Å²) in [4.78, 5) is 5.27. The molecule has 266 valence electrons. The molecule has 2 unspecified atom stereocenters. The summed E-state index contributed by atoms with van der Waals surface area (Å²) in [6.45, 7) is 2.29. The zero-order valence-corrected chi connectivity index (χ0v) is 31.0. The van der Waals surface area contributed by atoms with Crippen LogP contribution in [0.1, 0.15) is 29.7 Å². The number of fused-ring (bicyclic) bond motifs is 3. The lowest BCUT2D eigenvalue weighted by Gasteiger charge is -2.21. The molecule has 0 radical (unpaired) electrons. The summed E-state index contributed by atoms with van der Waals surface area (Å²) in [6.07, 6.45) is 9.90. The maximum atomic E-state index is 5.27. The Bertz CT molecular complexity index is 2670. The van der Waals surface area contributed by atoms with Crippen molar-refractivity contribution < 1.29 is 0 Å². The predicted molar refractivity (Wildman–Crippen MR) is 234 cm³/mol. The van der Waals surface area contributed by atoms with Gasteiger partial charge in [-0.05, 0) is 88.7 Å². The van der Waals surface area contributed by atoms with Gasteiger partial charge in [0.05, 0.1) is 17.1 Å². The van der Waals surface area contributed by atoms with Crippen molar-refractivity contribution in [1.82, 2.24) is 4.57 Å². The highest BCUT2D eigenvalue weighted by Crippen LogP contribution is 2.38. The van der Waals surface area contributed by atoms with Crippen molar-refractivity contribution in [2.24, 2.45) is 16.8 Å². The molecule has 1 aliphatic rings. The van der Waals surface area contributed by atoms with Gasteiger partial charge in [-0.3, -0.25) is 4.99 Å². The summed E-state index contributed by atoms with van der Waals surface area (Å²) in [5, 5.41) is 6.28. The summed E-state index contributed by atoms with van der Waals surface area (Å²) in [5.74, 6) is 0.605. The van der Waals surface area contributed by atoms with E-state index < -0.39 is 0 Å². The van der Waals surface area contributed by atoms with Crippen LogP contribution in [0.3, 0.4) is 0 Å². The second kappa shape index (κ2) is 15.3. The normalized spacial score (nSPS) is 16.1. The highest BCUT2D eigenvalue weighted by Gasteiger charge is 2.18. The first kappa shape index (κ1) is 34.1. The Kier molecular flexibility index (Phi) is 9.50. The fourth-order valence-electron chi connectivity index (χ4n) is 7.98. The minimum absolute atomic E-state index is 0.00794. The minimum Gasteiger partial charge on any atom is -0.355 e. The molecule has 3 heteroatoms. The number of anilines is 2. The zero-order valence-electron chi connectivity index (χ0n) is 31.0. The van der Waals surface area contributed by atoms with Crippen molar-refractivity contribution >= 4 is 45.0 Å². The molecule has 3 nitrogen and oxygen atoms in total. The monoisotopic (exact) mass is 709 g/mol. The zero-order chi connectivity index (χ0) is 37.0. The third-order valence-electron chi connectivity index (χ3n) is 10.8. The van der Waals surface area contributed by atoms with Crippen molar-refractivity contribution in [3.8, 4) is 16.8 Å². The highest BCUT2D eigenvalue weighted by molar-refractivity contribution is 6.10.